The van der Waals surface area contributed by atoms with E-state index in [4.69, 9.17) is 16.3 Å². The summed E-state index contributed by atoms with van der Waals surface area (Å²) in [5, 5.41) is 6.37. The highest BCUT2D eigenvalue weighted by Crippen LogP contribution is 2.29. The topological polar surface area (TPSA) is 50.4 Å². The quantitative estimate of drug-likeness (QED) is 0.843. The molecule has 1 amide bonds. The molecule has 0 saturated carbocycles. The Bertz CT molecular complexity index is 435. The molecule has 0 aliphatic rings. The maximum atomic E-state index is 11.8. The van der Waals surface area contributed by atoms with Gasteiger partial charge in [-0.25, -0.2) is 0 Å². The lowest BCUT2D eigenvalue weighted by Crippen LogP contribution is -2.40. The summed E-state index contributed by atoms with van der Waals surface area (Å²) in [5.74, 6) is 0.412. The zero-order chi connectivity index (χ0) is 14.4. The van der Waals surface area contributed by atoms with Crippen LogP contribution in [-0.4, -0.2) is 25.1 Å². The van der Waals surface area contributed by atoms with Crippen LogP contribution in [0.5, 0.6) is 5.75 Å². The lowest BCUT2D eigenvalue weighted by molar-refractivity contribution is -0.127. The standard InChI is InChI=1S/C14H21ClN2O2/c1-9(2)17-14(18)10(3)19-13-11(8-16-4)6-5-7-12(13)15/h5-7,9-10,16H,8H2,1-4H3,(H,17,18). The van der Waals surface area contributed by atoms with E-state index in [0.29, 0.717) is 17.3 Å². The Balaban J connectivity index is 2.83. The second-order valence-corrected chi connectivity index (χ2v) is 5.09. The number of ether oxygens (including phenoxy) is 1. The Kier molecular flexibility index (Phi) is 6.12. The molecular formula is C14H21ClN2O2. The molecule has 1 rings (SSSR count). The van der Waals surface area contributed by atoms with Gasteiger partial charge in [-0.1, -0.05) is 23.7 Å². The van der Waals surface area contributed by atoms with Crippen molar-refractivity contribution in [2.45, 2.75) is 39.5 Å². The molecule has 0 bridgehead atoms. The van der Waals surface area contributed by atoms with E-state index >= 15 is 0 Å². The average Bonchev–Trinajstić information content (AvgIpc) is 2.32. The lowest BCUT2D eigenvalue weighted by Gasteiger charge is -2.19. The van der Waals surface area contributed by atoms with E-state index in [2.05, 4.69) is 10.6 Å². The highest BCUT2D eigenvalue weighted by atomic mass is 35.5. The summed E-state index contributed by atoms with van der Waals surface area (Å²) in [5.41, 5.74) is 0.930. The molecule has 1 aromatic carbocycles. The van der Waals surface area contributed by atoms with Crippen molar-refractivity contribution in [1.82, 2.24) is 10.6 Å². The van der Waals surface area contributed by atoms with Crippen LogP contribution >= 0.6 is 11.6 Å². The second-order valence-electron chi connectivity index (χ2n) is 4.68. The number of nitrogens with one attached hydrogen (secondary N) is 2. The maximum Gasteiger partial charge on any atom is 0.260 e. The predicted octanol–water partition coefficient (Wildman–Crippen LogP) is 2.35. The molecule has 2 N–H and O–H groups in total. The van der Waals surface area contributed by atoms with Crippen molar-refractivity contribution >= 4 is 17.5 Å². The van der Waals surface area contributed by atoms with Crippen LogP contribution in [0.25, 0.3) is 0 Å². The van der Waals surface area contributed by atoms with Gasteiger partial charge in [-0.3, -0.25) is 4.79 Å². The molecule has 0 heterocycles. The van der Waals surface area contributed by atoms with Gasteiger partial charge in [0.05, 0.1) is 5.02 Å². The van der Waals surface area contributed by atoms with E-state index in [-0.39, 0.29) is 11.9 Å². The van der Waals surface area contributed by atoms with Gasteiger partial charge in [-0.2, -0.15) is 0 Å². The molecule has 4 nitrogen and oxygen atoms in total. The highest BCUT2D eigenvalue weighted by molar-refractivity contribution is 6.32. The number of hydrogen-bond donors (Lipinski definition) is 2. The molecule has 1 atom stereocenters. The van der Waals surface area contributed by atoms with Crippen LogP contribution in [0.4, 0.5) is 0 Å². The Hall–Kier alpha value is -1.26. The first-order valence-electron chi connectivity index (χ1n) is 6.34. The lowest BCUT2D eigenvalue weighted by atomic mass is 10.2. The third kappa shape index (κ3) is 4.73. The minimum Gasteiger partial charge on any atom is -0.479 e. The Morgan fingerprint density at radius 2 is 2.05 bits per heavy atom. The van der Waals surface area contributed by atoms with Crippen molar-refractivity contribution in [2.75, 3.05) is 7.05 Å². The fraction of sp³-hybridized carbons (Fsp3) is 0.500. The Morgan fingerprint density at radius 3 is 2.63 bits per heavy atom. The minimum absolute atomic E-state index is 0.0848. The number of benzene rings is 1. The van der Waals surface area contributed by atoms with Crippen molar-refractivity contribution in [2.24, 2.45) is 0 Å². The second kappa shape index (κ2) is 7.36. The van der Waals surface area contributed by atoms with Gasteiger partial charge < -0.3 is 15.4 Å². The van der Waals surface area contributed by atoms with Crippen LogP contribution in [0.3, 0.4) is 0 Å². The van der Waals surface area contributed by atoms with Crippen molar-refractivity contribution in [1.29, 1.82) is 0 Å². The Labute approximate surface area is 119 Å². The summed E-state index contributed by atoms with van der Waals surface area (Å²) in [7, 11) is 1.85. The normalized spacial score (nSPS) is 12.3. The maximum absolute atomic E-state index is 11.8. The van der Waals surface area contributed by atoms with E-state index in [0.717, 1.165) is 5.56 Å². The van der Waals surface area contributed by atoms with Crippen LogP contribution in [0, 0.1) is 0 Å². The number of carbonyl (C=O) groups is 1. The first-order chi connectivity index (χ1) is 8.95. The molecule has 5 heteroatoms. The van der Waals surface area contributed by atoms with E-state index < -0.39 is 6.10 Å². The highest BCUT2D eigenvalue weighted by Gasteiger charge is 2.18. The summed E-state index contributed by atoms with van der Waals surface area (Å²) in [6.45, 7) is 6.16. The van der Waals surface area contributed by atoms with Gasteiger partial charge in [0.15, 0.2) is 6.10 Å². The third-order valence-corrected chi connectivity index (χ3v) is 2.81. The number of rotatable bonds is 6. The summed E-state index contributed by atoms with van der Waals surface area (Å²) >= 11 is 6.14. The summed E-state index contributed by atoms with van der Waals surface area (Å²) in [6, 6.07) is 5.62. The largest absolute Gasteiger partial charge is 0.479 e. The number of halogens is 1. The van der Waals surface area contributed by atoms with E-state index in [1.54, 1.807) is 13.0 Å². The molecule has 0 aliphatic carbocycles. The van der Waals surface area contributed by atoms with Gasteiger partial charge in [0.2, 0.25) is 0 Å². The smallest absolute Gasteiger partial charge is 0.260 e. The fourth-order valence-corrected chi connectivity index (χ4v) is 1.89. The molecule has 0 radical (unpaired) electrons. The van der Waals surface area contributed by atoms with Gasteiger partial charge in [-0.05, 0) is 33.9 Å². The van der Waals surface area contributed by atoms with Crippen LogP contribution in [0.1, 0.15) is 26.3 Å². The zero-order valence-corrected chi connectivity index (χ0v) is 12.5. The first-order valence-corrected chi connectivity index (χ1v) is 6.72. The SMILES string of the molecule is CNCc1cccc(Cl)c1OC(C)C(=O)NC(C)C. The van der Waals surface area contributed by atoms with Crippen molar-refractivity contribution in [3.05, 3.63) is 28.8 Å². The first kappa shape index (κ1) is 15.8. The molecule has 1 unspecified atom stereocenters. The van der Waals surface area contributed by atoms with Gasteiger partial charge in [0.1, 0.15) is 5.75 Å². The van der Waals surface area contributed by atoms with E-state index in [9.17, 15) is 4.79 Å². The molecule has 106 valence electrons. The van der Waals surface area contributed by atoms with Gasteiger partial charge in [0.25, 0.3) is 5.91 Å². The van der Waals surface area contributed by atoms with Crippen LogP contribution in [-0.2, 0) is 11.3 Å². The van der Waals surface area contributed by atoms with E-state index in [1.807, 2.05) is 33.0 Å². The van der Waals surface area contributed by atoms with Gasteiger partial charge >= 0.3 is 0 Å². The number of para-hydroxylation sites is 1. The van der Waals surface area contributed by atoms with Gasteiger partial charge in [-0.15, -0.1) is 0 Å². The summed E-state index contributed by atoms with van der Waals surface area (Å²) in [6.07, 6.45) is -0.585. The average molecular weight is 285 g/mol. The minimum atomic E-state index is -0.585. The summed E-state index contributed by atoms with van der Waals surface area (Å²) < 4.78 is 5.71. The Morgan fingerprint density at radius 1 is 1.37 bits per heavy atom. The molecule has 19 heavy (non-hydrogen) atoms. The van der Waals surface area contributed by atoms with Gasteiger partial charge in [0, 0.05) is 18.2 Å². The molecule has 0 spiro atoms. The molecule has 0 aliphatic heterocycles. The number of carbonyl (C=O) groups excluding carboxylic acids is 1. The molecule has 1 aromatic rings. The molecule has 0 aromatic heterocycles. The molecule has 0 saturated heterocycles. The van der Waals surface area contributed by atoms with Crippen LogP contribution in [0.15, 0.2) is 18.2 Å². The van der Waals surface area contributed by atoms with E-state index in [1.165, 1.54) is 0 Å². The van der Waals surface area contributed by atoms with Crippen molar-refractivity contribution in [3.63, 3.8) is 0 Å². The monoisotopic (exact) mass is 284 g/mol. The molecule has 0 fully saturated rings. The third-order valence-electron chi connectivity index (χ3n) is 2.51. The zero-order valence-electron chi connectivity index (χ0n) is 11.8. The predicted molar refractivity (Wildman–Crippen MR) is 77.6 cm³/mol. The van der Waals surface area contributed by atoms with Crippen molar-refractivity contribution < 1.29 is 9.53 Å². The number of hydrogen-bond acceptors (Lipinski definition) is 3. The van der Waals surface area contributed by atoms with Crippen LogP contribution < -0.4 is 15.4 Å². The van der Waals surface area contributed by atoms with Crippen LogP contribution in [0.2, 0.25) is 5.02 Å². The molecular weight excluding hydrogens is 264 g/mol. The number of amides is 1. The van der Waals surface area contributed by atoms with Crippen molar-refractivity contribution in [3.8, 4) is 5.75 Å². The fourth-order valence-electron chi connectivity index (χ4n) is 1.65. The summed E-state index contributed by atoms with van der Waals surface area (Å²) in [4.78, 5) is 11.8.